The fraction of sp³-hybridized carbons (Fsp3) is 0.133. The molecule has 0 bridgehead atoms. The highest BCUT2D eigenvalue weighted by molar-refractivity contribution is 5.80. The van der Waals surface area contributed by atoms with Crippen LogP contribution in [0.4, 0.5) is 0 Å². The Labute approximate surface area is 111 Å². The molecule has 2 aromatic rings. The molecule has 0 heterocycles. The van der Waals surface area contributed by atoms with Gasteiger partial charge in [0.15, 0.2) is 5.54 Å². The highest BCUT2D eigenvalue weighted by Crippen LogP contribution is 2.20. The second kappa shape index (κ2) is 5.54. The summed E-state index contributed by atoms with van der Waals surface area (Å²) in [6.07, 6.45) is 0. The van der Waals surface area contributed by atoms with Crippen molar-refractivity contribution in [2.45, 2.75) is 5.54 Å². The highest BCUT2D eigenvalue weighted by Gasteiger charge is 2.37. The maximum atomic E-state index is 11.4. The predicted octanol–water partition coefficient (Wildman–Crippen LogP) is 2.00. The van der Waals surface area contributed by atoms with Crippen molar-refractivity contribution in [3.63, 3.8) is 0 Å². The minimum Gasteiger partial charge on any atom is -0.491 e. The molecule has 0 aliphatic rings. The van der Waals surface area contributed by atoms with Crippen molar-refractivity contribution in [1.29, 1.82) is 0 Å². The molecule has 0 aliphatic carbocycles. The van der Waals surface area contributed by atoms with Crippen LogP contribution < -0.4 is 10.5 Å². The molecule has 2 rings (SSSR count). The van der Waals surface area contributed by atoms with Gasteiger partial charge in [0.1, 0.15) is 12.4 Å². The van der Waals surface area contributed by atoms with Gasteiger partial charge in [-0.1, -0.05) is 48.5 Å². The molecule has 0 aliphatic heterocycles. The largest absolute Gasteiger partial charge is 0.491 e. The molecule has 4 nitrogen and oxygen atoms in total. The first kappa shape index (κ1) is 13.1. The van der Waals surface area contributed by atoms with E-state index < -0.39 is 11.5 Å². The summed E-state index contributed by atoms with van der Waals surface area (Å²) in [7, 11) is 0. The predicted molar refractivity (Wildman–Crippen MR) is 71.9 cm³/mol. The third-order valence-corrected chi connectivity index (χ3v) is 2.88. The Hall–Kier alpha value is -2.33. The Morgan fingerprint density at radius 3 is 2.11 bits per heavy atom. The first-order valence-corrected chi connectivity index (χ1v) is 5.88. The fourth-order valence-corrected chi connectivity index (χ4v) is 1.72. The standard InChI is InChI=1S/C15H15NO3/c16-15(14(17)18,12-7-3-1-4-8-12)11-19-13-9-5-2-6-10-13/h1-10H,11,16H2,(H,17,18). The second-order valence-electron chi connectivity index (χ2n) is 4.24. The maximum Gasteiger partial charge on any atom is 0.331 e. The van der Waals surface area contributed by atoms with Gasteiger partial charge in [-0.3, -0.25) is 0 Å². The number of para-hydroxylation sites is 1. The minimum atomic E-state index is -1.56. The van der Waals surface area contributed by atoms with Gasteiger partial charge in [-0.25, -0.2) is 4.79 Å². The van der Waals surface area contributed by atoms with Crippen LogP contribution in [0.5, 0.6) is 5.75 Å². The van der Waals surface area contributed by atoms with Crippen LogP contribution in [0.1, 0.15) is 5.56 Å². The van der Waals surface area contributed by atoms with Gasteiger partial charge in [0.2, 0.25) is 0 Å². The van der Waals surface area contributed by atoms with E-state index >= 15 is 0 Å². The third-order valence-electron chi connectivity index (χ3n) is 2.88. The number of hydrogen-bond acceptors (Lipinski definition) is 3. The van der Waals surface area contributed by atoms with E-state index in [4.69, 9.17) is 10.5 Å². The lowest BCUT2D eigenvalue weighted by molar-refractivity contribution is -0.145. The summed E-state index contributed by atoms with van der Waals surface area (Å²) in [5, 5.41) is 9.36. The molecule has 0 saturated heterocycles. The molecule has 98 valence electrons. The zero-order chi connectivity index (χ0) is 13.7. The van der Waals surface area contributed by atoms with Crippen LogP contribution in [0.15, 0.2) is 60.7 Å². The lowest BCUT2D eigenvalue weighted by Gasteiger charge is -2.25. The normalized spacial score (nSPS) is 13.5. The Kier molecular flexibility index (Phi) is 3.82. The Balaban J connectivity index is 2.19. The van der Waals surface area contributed by atoms with Crippen molar-refractivity contribution in [2.75, 3.05) is 6.61 Å². The molecular weight excluding hydrogens is 242 g/mol. The number of aliphatic carboxylic acids is 1. The maximum absolute atomic E-state index is 11.4. The van der Waals surface area contributed by atoms with Gasteiger partial charge in [-0.2, -0.15) is 0 Å². The molecule has 3 N–H and O–H groups in total. The molecule has 0 saturated carbocycles. The molecule has 0 amide bonds. The van der Waals surface area contributed by atoms with Gasteiger partial charge in [-0.05, 0) is 17.7 Å². The Morgan fingerprint density at radius 2 is 1.58 bits per heavy atom. The summed E-state index contributed by atoms with van der Waals surface area (Å²) in [6.45, 7) is -0.129. The monoisotopic (exact) mass is 257 g/mol. The molecule has 19 heavy (non-hydrogen) atoms. The second-order valence-corrected chi connectivity index (χ2v) is 4.24. The molecular formula is C15H15NO3. The molecule has 4 heteroatoms. The van der Waals surface area contributed by atoms with Crippen LogP contribution in [0.2, 0.25) is 0 Å². The summed E-state index contributed by atoms with van der Waals surface area (Å²) in [6, 6.07) is 17.7. The van der Waals surface area contributed by atoms with Crippen molar-refractivity contribution in [3.8, 4) is 5.75 Å². The van der Waals surface area contributed by atoms with Gasteiger partial charge in [0, 0.05) is 0 Å². The van der Waals surface area contributed by atoms with Crippen molar-refractivity contribution < 1.29 is 14.6 Å². The highest BCUT2D eigenvalue weighted by atomic mass is 16.5. The summed E-state index contributed by atoms with van der Waals surface area (Å²) in [5.74, 6) is -0.524. The summed E-state index contributed by atoms with van der Waals surface area (Å²) < 4.78 is 5.48. The zero-order valence-electron chi connectivity index (χ0n) is 10.3. The molecule has 1 atom stereocenters. The van der Waals surface area contributed by atoms with E-state index in [0.717, 1.165) is 0 Å². The quantitative estimate of drug-likeness (QED) is 0.859. The van der Waals surface area contributed by atoms with E-state index in [2.05, 4.69) is 0 Å². The van der Waals surface area contributed by atoms with E-state index in [1.165, 1.54) is 0 Å². The number of carboxylic acid groups (broad SMARTS) is 1. The van der Waals surface area contributed by atoms with Crippen molar-refractivity contribution in [1.82, 2.24) is 0 Å². The molecule has 0 fully saturated rings. The van der Waals surface area contributed by atoms with Crippen molar-refractivity contribution in [2.24, 2.45) is 5.73 Å². The van der Waals surface area contributed by atoms with Gasteiger partial charge in [0.05, 0.1) is 0 Å². The van der Waals surface area contributed by atoms with Crippen molar-refractivity contribution >= 4 is 5.97 Å². The van der Waals surface area contributed by atoms with Crippen LogP contribution in [0, 0.1) is 0 Å². The van der Waals surface area contributed by atoms with Crippen molar-refractivity contribution in [3.05, 3.63) is 66.2 Å². The average molecular weight is 257 g/mol. The lowest BCUT2D eigenvalue weighted by Crippen LogP contribution is -2.49. The van der Waals surface area contributed by atoms with Gasteiger partial charge in [-0.15, -0.1) is 0 Å². The number of benzene rings is 2. The van der Waals surface area contributed by atoms with E-state index in [1.54, 1.807) is 36.4 Å². The zero-order valence-corrected chi connectivity index (χ0v) is 10.3. The van der Waals surface area contributed by atoms with E-state index in [-0.39, 0.29) is 6.61 Å². The SMILES string of the molecule is NC(COc1ccccc1)(C(=O)O)c1ccccc1. The van der Waals surface area contributed by atoms with Crippen LogP contribution in [0.25, 0.3) is 0 Å². The number of ether oxygens (including phenoxy) is 1. The molecule has 1 unspecified atom stereocenters. The minimum absolute atomic E-state index is 0.129. The molecule has 0 spiro atoms. The fourth-order valence-electron chi connectivity index (χ4n) is 1.72. The van der Waals surface area contributed by atoms with Crippen LogP contribution in [-0.2, 0) is 10.3 Å². The number of rotatable bonds is 5. The van der Waals surface area contributed by atoms with Crippen LogP contribution >= 0.6 is 0 Å². The van der Waals surface area contributed by atoms with Gasteiger partial charge < -0.3 is 15.6 Å². The molecule has 0 radical (unpaired) electrons. The summed E-state index contributed by atoms with van der Waals surface area (Å²) in [5.41, 5.74) is 4.94. The molecule has 0 aromatic heterocycles. The number of carbonyl (C=O) groups is 1. The Bertz CT molecular complexity index is 542. The van der Waals surface area contributed by atoms with Crippen LogP contribution in [0.3, 0.4) is 0 Å². The number of hydrogen-bond donors (Lipinski definition) is 2. The topological polar surface area (TPSA) is 72.5 Å². The van der Waals surface area contributed by atoms with Gasteiger partial charge in [0.25, 0.3) is 0 Å². The first-order chi connectivity index (χ1) is 9.13. The first-order valence-electron chi connectivity index (χ1n) is 5.88. The molecule has 2 aromatic carbocycles. The van der Waals surface area contributed by atoms with E-state index in [0.29, 0.717) is 11.3 Å². The summed E-state index contributed by atoms with van der Waals surface area (Å²) in [4.78, 5) is 11.4. The summed E-state index contributed by atoms with van der Waals surface area (Å²) >= 11 is 0. The lowest BCUT2D eigenvalue weighted by atomic mass is 9.92. The Morgan fingerprint density at radius 1 is 1.05 bits per heavy atom. The van der Waals surface area contributed by atoms with Crippen LogP contribution in [-0.4, -0.2) is 17.7 Å². The van der Waals surface area contributed by atoms with E-state index in [9.17, 15) is 9.90 Å². The third kappa shape index (κ3) is 2.92. The van der Waals surface area contributed by atoms with E-state index in [1.807, 2.05) is 24.3 Å². The average Bonchev–Trinajstić information content (AvgIpc) is 2.46. The number of nitrogens with two attached hydrogens (primary N) is 1. The number of carboxylic acids is 1. The smallest absolute Gasteiger partial charge is 0.331 e. The van der Waals surface area contributed by atoms with Gasteiger partial charge >= 0.3 is 5.97 Å².